The molecule has 0 atom stereocenters. The lowest BCUT2D eigenvalue weighted by Crippen LogP contribution is -2.05. The number of thiophene rings is 1. The molecule has 0 aliphatic heterocycles. The van der Waals surface area contributed by atoms with Crippen molar-refractivity contribution in [2.45, 2.75) is 30.9 Å². The number of rotatable bonds is 7. The number of nitrogens with zero attached hydrogens (tertiary/aromatic N) is 4. The zero-order chi connectivity index (χ0) is 19.2. The van der Waals surface area contributed by atoms with Gasteiger partial charge in [-0.15, -0.1) is 34.9 Å². The van der Waals surface area contributed by atoms with Gasteiger partial charge >= 0.3 is 0 Å². The molecule has 0 amide bonds. The molecular weight excluding hydrogens is 394 g/mol. The fourth-order valence-corrected chi connectivity index (χ4v) is 5.69. The van der Waals surface area contributed by atoms with E-state index in [4.69, 9.17) is 15.7 Å². The Bertz CT molecular complexity index is 937. The molecule has 3 aromatic heterocycles. The molecule has 3 aromatic rings. The number of unbranched alkanes of at least 4 members (excludes halogenated alkanes) is 1. The lowest BCUT2D eigenvalue weighted by Gasteiger charge is -2.08. The van der Waals surface area contributed by atoms with Crippen LogP contribution in [-0.2, 0) is 0 Å². The number of fused-ring (bicyclic) bond motifs is 1. The molecule has 0 aromatic carbocycles. The van der Waals surface area contributed by atoms with Gasteiger partial charge in [-0.1, -0.05) is 20.3 Å². The normalized spacial score (nSPS) is 12.0. The van der Waals surface area contributed by atoms with E-state index in [1.165, 1.54) is 12.8 Å². The van der Waals surface area contributed by atoms with E-state index in [0.29, 0.717) is 5.82 Å². The van der Waals surface area contributed by atoms with Crippen molar-refractivity contribution in [1.82, 2.24) is 15.0 Å². The number of pyridine rings is 1. The standard InChI is InChI=1S/C19H23N5S3/c1-4-6-10-26-19-14(20)13-15(18(21-3)25-5-2)23-16(24-17(13)27-19)12-8-7-9-22-11-12/h7-9,11H,4-6,10,20H2,1-3H3. The van der Waals surface area contributed by atoms with Gasteiger partial charge in [-0.3, -0.25) is 9.98 Å². The number of aliphatic imine (C=N–C) groups is 1. The Morgan fingerprint density at radius 2 is 2.15 bits per heavy atom. The number of anilines is 1. The SMILES string of the molecule is CCCCSc1sc2nc(-c3cccnc3)nc(C(=NC)SCC)c2c1N. The Hall–Kier alpha value is -1.64. The molecule has 0 unspecified atom stereocenters. The van der Waals surface area contributed by atoms with Gasteiger partial charge in [-0.25, -0.2) is 9.97 Å². The number of hydrogen-bond donors (Lipinski definition) is 1. The van der Waals surface area contributed by atoms with Crippen molar-refractivity contribution in [3.05, 3.63) is 30.2 Å². The summed E-state index contributed by atoms with van der Waals surface area (Å²) in [7, 11) is 1.80. The summed E-state index contributed by atoms with van der Waals surface area (Å²) in [4.78, 5) is 19.2. The highest BCUT2D eigenvalue weighted by Crippen LogP contribution is 2.42. The maximum atomic E-state index is 6.53. The topological polar surface area (TPSA) is 77.0 Å². The van der Waals surface area contributed by atoms with Crippen molar-refractivity contribution in [2.24, 2.45) is 4.99 Å². The molecule has 0 fully saturated rings. The van der Waals surface area contributed by atoms with Crippen LogP contribution in [0.2, 0.25) is 0 Å². The Labute approximate surface area is 172 Å². The summed E-state index contributed by atoms with van der Waals surface area (Å²) < 4.78 is 1.12. The van der Waals surface area contributed by atoms with Gasteiger partial charge in [-0.2, -0.15) is 0 Å². The summed E-state index contributed by atoms with van der Waals surface area (Å²) in [6, 6.07) is 3.87. The molecular formula is C19H23N5S3. The molecule has 0 aliphatic rings. The molecule has 27 heavy (non-hydrogen) atoms. The summed E-state index contributed by atoms with van der Waals surface area (Å²) in [5, 5.41) is 1.82. The van der Waals surface area contributed by atoms with Crippen LogP contribution in [0.5, 0.6) is 0 Å². The van der Waals surface area contributed by atoms with Gasteiger partial charge < -0.3 is 5.73 Å². The summed E-state index contributed by atoms with van der Waals surface area (Å²) in [5.41, 5.74) is 9.03. The second-order valence-corrected chi connectivity index (χ2v) is 9.40. The van der Waals surface area contributed by atoms with Gasteiger partial charge in [0.1, 0.15) is 15.6 Å². The molecule has 0 spiro atoms. The summed E-state index contributed by atoms with van der Waals surface area (Å²) in [5.74, 6) is 2.64. The van der Waals surface area contributed by atoms with Crippen molar-refractivity contribution in [3.63, 3.8) is 0 Å². The predicted octanol–water partition coefficient (Wildman–Crippen LogP) is 5.36. The van der Waals surface area contributed by atoms with Gasteiger partial charge in [0.2, 0.25) is 0 Å². The minimum Gasteiger partial charge on any atom is -0.397 e. The second-order valence-electron chi connectivity index (χ2n) is 5.78. The Morgan fingerprint density at radius 1 is 1.30 bits per heavy atom. The number of hydrogen-bond acceptors (Lipinski definition) is 8. The third-order valence-corrected chi connectivity index (χ3v) is 7.30. The van der Waals surface area contributed by atoms with E-state index in [0.717, 1.165) is 47.9 Å². The van der Waals surface area contributed by atoms with E-state index >= 15 is 0 Å². The highest BCUT2D eigenvalue weighted by atomic mass is 32.2. The first kappa shape index (κ1) is 20.1. The third kappa shape index (κ3) is 4.44. The van der Waals surface area contributed by atoms with E-state index < -0.39 is 0 Å². The molecule has 0 bridgehead atoms. The number of nitrogens with two attached hydrogens (primary N) is 1. The van der Waals surface area contributed by atoms with Crippen LogP contribution in [0.1, 0.15) is 32.4 Å². The Morgan fingerprint density at radius 3 is 2.81 bits per heavy atom. The molecule has 3 heterocycles. The average molecular weight is 418 g/mol. The summed E-state index contributed by atoms with van der Waals surface area (Å²) in [6.45, 7) is 4.31. The lowest BCUT2D eigenvalue weighted by atomic mass is 10.2. The van der Waals surface area contributed by atoms with Gasteiger partial charge in [0.05, 0.1) is 15.3 Å². The predicted molar refractivity (Wildman–Crippen MR) is 121 cm³/mol. The van der Waals surface area contributed by atoms with Crippen molar-refractivity contribution in [3.8, 4) is 11.4 Å². The van der Waals surface area contributed by atoms with E-state index in [2.05, 4.69) is 23.8 Å². The Balaban J connectivity index is 2.18. The van der Waals surface area contributed by atoms with E-state index in [1.807, 2.05) is 23.9 Å². The summed E-state index contributed by atoms with van der Waals surface area (Å²) in [6.07, 6.45) is 5.88. The van der Waals surface area contributed by atoms with Crippen LogP contribution >= 0.6 is 34.9 Å². The highest BCUT2D eigenvalue weighted by molar-refractivity contribution is 8.14. The number of thioether (sulfide) groups is 2. The van der Waals surface area contributed by atoms with Gasteiger partial charge in [-0.05, 0) is 30.1 Å². The molecule has 142 valence electrons. The lowest BCUT2D eigenvalue weighted by molar-refractivity contribution is 0.897. The monoisotopic (exact) mass is 417 g/mol. The van der Waals surface area contributed by atoms with Gasteiger partial charge in [0.15, 0.2) is 5.82 Å². The molecule has 5 nitrogen and oxygen atoms in total. The minimum atomic E-state index is 0.662. The molecule has 0 aliphatic carbocycles. The fraction of sp³-hybridized carbons (Fsp3) is 0.368. The molecule has 0 saturated heterocycles. The number of nitrogen functional groups attached to an aromatic ring is 1. The molecule has 3 rings (SSSR count). The summed E-state index contributed by atoms with van der Waals surface area (Å²) >= 11 is 5.13. The van der Waals surface area contributed by atoms with Crippen LogP contribution in [-0.4, -0.2) is 38.5 Å². The zero-order valence-electron chi connectivity index (χ0n) is 15.7. The van der Waals surface area contributed by atoms with Crippen molar-refractivity contribution < 1.29 is 0 Å². The molecule has 8 heteroatoms. The van der Waals surface area contributed by atoms with Gasteiger partial charge in [0, 0.05) is 25.0 Å². The molecule has 0 saturated carbocycles. The average Bonchev–Trinajstić information content (AvgIpc) is 3.02. The van der Waals surface area contributed by atoms with E-state index in [-0.39, 0.29) is 0 Å². The second kappa shape index (κ2) is 9.52. The smallest absolute Gasteiger partial charge is 0.163 e. The minimum absolute atomic E-state index is 0.662. The van der Waals surface area contributed by atoms with Crippen LogP contribution in [0.25, 0.3) is 21.6 Å². The first-order chi connectivity index (χ1) is 13.2. The van der Waals surface area contributed by atoms with Crippen LogP contribution in [0, 0.1) is 0 Å². The molecule has 0 radical (unpaired) electrons. The maximum absolute atomic E-state index is 6.53. The fourth-order valence-electron chi connectivity index (χ4n) is 2.57. The quantitative estimate of drug-likeness (QED) is 0.241. The Kier molecular flexibility index (Phi) is 7.09. The highest BCUT2D eigenvalue weighted by Gasteiger charge is 2.21. The van der Waals surface area contributed by atoms with E-state index in [1.54, 1.807) is 42.5 Å². The largest absolute Gasteiger partial charge is 0.397 e. The van der Waals surface area contributed by atoms with Crippen molar-refractivity contribution in [2.75, 3.05) is 24.3 Å². The van der Waals surface area contributed by atoms with Crippen LogP contribution in [0.15, 0.2) is 33.7 Å². The first-order valence-corrected chi connectivity index (χ1v) is 11.7. The third-order valence-electron chi connectivity index (χ3n) is 3.89. The zero-order valence-corrected chi connectivity index (χ0v) is 18.2. The van der Waals surface area contributed by atoms with Crippen LogP contribution in [0.4, 0.5) is 5.69 Å². The van der Waals surface area contributed by atoms with Crippen molar-refractivity contribution >= 4 is 55.8 Å². The van der Waals surface area contributed by atoms with Crippen molar-refractivity contribution in [1.29, 1.82) is 0 Å². The van der Waals surface area contributed by atoms with E-state index in [9.17, 15) is 0 Å². The van der Waals surface area contributed by atoms with Gasteiger partial charge in [0.25, 0.3) is 0 Å². The van der Waals surface area contributed by atoms with Crippen LogP contribution in [0.3, 0.4) is 0 Å². The number of aromatic nitrogens is 3. The maximum Gasteiger partial charge on any atom is 0.163 e. The molecule has 2 N–H and O–H groups in total. The van der Waals surface area contributed by atoms with Crippen LogP contribution < -0.4 is 5.73 Å². The first-order valence-electron chi connectivity index (χ1n) is 8.92.